The average Bonchev–Trinajstić information content (AvgIpc) is 3.34. The second-order valence-electron chi connectivity index (χ2n) is 10.3. The third-order valence-corrected chi connectivity index (χ3v) is 7.76. The minimum Gasteiger partial charge on any atom is -0.493 e. The Morgan fingerprint density at radius 2 is 1.62 bits per heavy atom. The van der Waals surface area contributed by atoms with Gasteiger partial charge in [0.15, 0.2) is 11.5 Å². The Bertz CT molecular complexity index is 1410. The van der Waals surface area contributed by atoms with Gasteiger partial charge in [0.2, 0.25) is 11.8 Å². The molecule has 2 aliphatic rings. The summed E-state index contributed by atoms with van der Waals surface area (Å²) in [6, 6.07) is 4.18. The zero-order chi connectivity index (χ0) is 29.0. The number of methoxy groups -OCH3 is 2. The molecule has 12 nitrogen and oxygen atoms in total. The van der Waals surface area contributed by atoms with Crippen LogP contribution in [0.3, 0.4) is 0 Å². The molecule has 0 aliphatic carbocycles. The molecule has 4 bridgehead atoms. The topological polar surface area (TPSA) is 141 Å². The highest BCUT2D eigenvalue weighted by molar-refractivity contribution is 5.93. The highest BCUT2D eigenvalue weighted by Gasteiger charge is 2.39. The van der Waals surface area contributed by atoms with Gasteiger partial charge < -0.3 is 25.0 Å². The van der Waals surface area contributed by atoms with Crippen LogP contribution in [-0.2, 0) is 36.5 Å². The molecule has 2 aromatic rings. The summed E-state index contributed by atoms with van der Waals surface area (Å²) in [4.78, 5) is 65.9. The summed E-state index contributed by atoms with van der Waals surface area (Å²) in [6.07, 6.45) is 3.21. The Morgan fingerprint density at radius 3 is 2.35 bits per heavy atom. The highest BCUT2D eigenvalue weighted by Crippen LogP contribution is 2.34. The third kappa shape index (κ3) is 6.05. The van der Waals surface area contributed by atoms with Crippen LogP contribution in [0.5, 0.6) is 11.5 Å². The lowest BCUT2D eigenvalue weighted by Crippen LogP contribution is -2.50. The normalized spacial score (nSPS) is 20.4. The number of hydrogen-bond acceptors (Lipinski definition) is 7. The fourth-order valence-corrected chi connectivity index (χ4v) is 5.57. The molecule has 1 fully saturated rings. The van der Waals surface area contributed by atoms with Crippen LogP contribution in [-0.4, -0.2) is 71.1 Å². The number of nitrogens with one attached hydrogen (secondary N) is 2. The number of nitrogens with zero attached hydrogens (tertiary/aromatic N) is 3. The molecule has 1 aromatic carbocycles. The number of ether oxygens (including phenoxy) is 2. The molecule has 0 saturated carbocycles. The first-order valence-corrected chi connectivity index (χ1v) is 13.5. The minimum absolute atomic E-state index is 0.0511. The molecule has 3 amide bonds. The Morgan fingerprint density at radius 1 is 0.875 bits per heavy atom. The molecule has 0 radical (unpaired) electrons. The van der Waals surface area contributed by atoms with E-state index in [0.29, 0.717) is 50.1 Å². The van der Waals surface area contributed by atoms with Crippen molar-refractivity contribution in [1.29, 1.82) is 0 Å². The van der Waals surface area contributed by atoms with E-state index in [9.17, 15) is 24.0 Å². The molecule has 4 rings (SSSR count). The van der Waals surface area contributed by atoms with Crippen molar-refractivity contribution in [3.8, 4) is 11.5 Å². The lowest BCUT2D eigenvalue weighted by Gasteiger charge is -2.31. The molecule has 0 unspecified atom stereocenters. The zero-order valence-corrected chi connectivity index (χ0v) is 23.5. The molecule has 1 saturated heterocycles. The molecule has 2 N–H and O–H groups in total. The van der Waals surface area contributed by atoms with E-state index < -0.39 is 29.2 Å². The first kappa shape index (κ1) is 28.9. The summed E-state index contributed by atoms with van der Waals surface area (Å²) in [5.74, 6) is 0.341. The molecule has 216 valence electrons. The van der Waals surface area contributed by atoms with Crippen LogP contribution in [0.25, 0.3) is 0 Å². The van der Waals surface area contributed by atoms with Gasteiger partial charge in [-0.25, -0.2) is 4.79 Å². The van der Waals surface area contributed by atoms with E-state index in [4.69, 9.17) is 9.47 Å². The summed E-state index contributed by atoms with van der Waals surface area (Å²) in [5.41, 5.74) is 0.612. The van der Waals surface area contributed by atoms with Gasteiger partial charge in [-0.05, 0) is 49.3 Å². The van der Waals surface area contributed by atoms with E-state index >= 15 is 0 Å². The van der Waals surface area contributed by atoms with Crippen LogP contribution in [0.15, 0.2) is 27.8 Å². The highest BCUT2D eigenvalue weighted by atomic mass is 16.5. The number of benzene rings is 1. The molecular formula is C28H37N5O7. The number of aromatic nitrogens is 2. The standard InChI is InChI=1S/C28H37N5O7/c1-31-21(15-25(36)32(2)28(31)38)27(37)33-19-8-9-20(33)16-30-23(34)10-7-17-12-18(6-5-11-29-24(35)14-19)26(40-4)22(13-17)39-3/h12-13,15,19-20H,5-11,14,16H2,1-4H3,(H,29,35)(H,30,34)/t19-,20+/m0/s1. The van der Waals surface area contributed by atoms with E-state index in [2.05, 4.69) is 10.6 Å². The molecule has 0 spiro atoms. The fourth-order valence-electron chi connectivity index (χ4n) is 5.57. The first-order valence-electron chi connectivity index (χ1n) is 13.5. The molecule has 2 atom stereocenters. The Balaban J connectivity index is 1.61. The van der Waals surface area contributed by atoms with E-state index in [0.717, 1.165) is 26.3 Å². The van der Waals surface area contributed by atoms with E-state index in [1.165, 1.54) is 14.1 Å². The van der Waals surface area contributed by atoms with Crippen LogP contribution < -0.4 is 31.4 Å². The summed E-state index contributed by atoms with van der Waals surface area (Å²) >= 11 is 0. The fraction of sp³-hybridized carbons (Fsp3) is 0.536. The van der Waals surface area contributed by atoms with Gasteiger partial charge in [0.05, 0.1) is 14.2 Å². The van der Waals surface area contributed by atoms with Crippen molar-refractivity contribution in [2.24, 2.45) is 14.1 Å². The summed E-state index contributed by atoms with van der Waals surface area (Å²) in [6.45, 7) is 0.626. The van der Waals surface area contributed by atoms with Gasteiger partial charge in [-0.1, -0.05) is 6.07 Å². The van der Waals surface area contributed by atoms with Gasteiger partial charge >= 0.3 is 5.69 Å². The lowest BCUT2D eigenvalue weighted by atomic mass is 10.0. The number of carbonyl (C=O) groups is 3. The molecule has 1 aromatic heterocycles. The van der Waals surface area contributed by atoms with Crippen molar-refractivity contribution in [1.82, 2.24) is 24.7 Å². The molecular weight excluding hydrogens is 518 g/mol. The van der Waals surface area contributed by atoms with Crippen LogP contribution in [0.2, 0.25) is 0 Å². The molecule has 2 aliphatic heterocycles. The van der Waals surface area contributed by atoms with Gasteiger partial charge in [0.1, 0.15) is 5.69 Å². The predicted octanol–water partition coefficient (Wildman–Crippen LogP) is 0.276. The van der Waals surface area contributed by atoms with Crippen molar-refractivity contribution in [2.75, 3.05) is 27.3 Å². The maximum atomic E-state index is 13.7. The number of aryl methyl sites for hydroxylation is 2. The number of carbonyl (C=O) groups excluding carboxylic acids is 3. The minimum atomic E-state index is -0.614. The second kappa shape index (κ2) is 12.4. The maximum absolute atomic E-state index is 13.7. The number of fused-ring (bicyclic) bond motifs is 4. The van der Waals surface area contributed by atoms with Gasteiger partial charge in [-0.15, -0.1) is 0 Å². The predicted molar refractivity (Wildman–Crippen MR) is 147 cm³/mol. The van der Waals surface area contributed by atoms with Crippen molar-refractivity contribution in [3.05, 3.63) is 55.9 Å². The van der Waals surface area contributed by atoms with Crippen LogP contribution in [0, 0.1) is 0 Å². The van der Waals surface area contributed by atoms with E-state index in [-0.39, 0.29) is 36.9 Å². The van der Waals surface area contributed by atoms with E-state index in [1.54, 1.807) is 19.1 Å². The SMILES string of the molecule is COc1cc2cc(c1OC)CCCNC(=O)C[C@@H]1CC[C@H](CNC(=O)CC2)N1C(=O)c1cc(=O)n(C)c(=O)n1C. The Hall–Kier alpha value is -4.09. The Labute approximate surface area is 232 Å². The largest absolute Gasteiger partial charge is 0.493 e. The van der Waals surface area contributed by atoms with Gasteiger partial charge in [-0.2, -0.15) is 0 Å². The lowest BCUT2D eigenvalue weighted by molar-refractivity contribution is -0.123. The number of rotatable bonds is 3. The van der Waals surface area contributed by atoms with Gasteiger partial charge in [0, 0.05) is 58.2 Å². The molecule has 12 heteroatoms. The second-order valence-corrected chi connectivity index (χ2v) is 10.3. The smallest absolute Gasteiger partial charge is 0.331 e. The molecule has 3 heterocycles. The average molecular weight is 556 g/mol. The monoisotopic (exact) mass is 555 g/mol. The Kier molecular flexibility index (Phi) is 8.96. The van der Waals surface area contributed by atoms with Gasteiger partial charge in [-0.3, -0.25) is 28.3 Å². The van der Waals surface area contributed by atoms with Crippen LogP contribution in [0.4, 0.5) is 0 Å². The van der Waals surface area contributed by atoms with Crippen LogP contribution in [0.1, 0.15) is 53.7 Å². The van der Waals surface area contributed by atoms with Crippen molar-refractivity contribution >= 4 is 17.7 Å². The van der Waals surface area contributed by atoms with E-state index in [1.807, 2.05) is 12.1 Å². The summed E-state index contributed by atoms with van der Waals surface area (Å²) < 4.78 is 13.2. The maximum Gasteiger partial charge on any atom is 0.331 e. The number of hydrogen-bond donors (Lipinski definition) is 2. The number of amides is 3. The van der Waals surface area contributed by atoms with Crippen LogP contribution >= 0.6 is 0 Å². The van der Waals surface area contributed by atoms with Crippen molar-refractivity contribution in [3.63, 3.8) is 0 Å². The van der Waals surface area contributed by atoms with Crippen molar-refractivity contribution in [2.45, 2.75) is 57.0 Å². The van der Waals surface area contributed by atoms with Crippen molar-refractivity contribution < 1.29 is 23.9 Å². The first-order chi connectivity index (χ1) is 19.1. The summed E-state index contributed by atoms with van der Waals surface area (Å²) in [5, 5.41) is 5.88. The summed E-state index contributed by atoms with van der Waals surface area (Å²) in [7, 11) is 5.93. The quantitative estimate of drug-likeness (QED) is 0.554. The molecule has 40 heavy (non-hydrogen) atoms. The third-order valence-electron chi connectivity index (χ3n) is 7.76. The zero-order valence-electron chi connectivity index (χ0n) is 23.5. The van der Waals surface area contributed by atoms with Gasteiger partial charge in [0.25, 0.3) is 11.5 Å².